The van der Waals surface area contributed by atoms with Crippen LogP contribution in [0.1, 0.15) is 37.9 Å². The molecule has 17 heavy (non-hydrogen) atoms. The standard InChI is InChI=1S/C14H21NO2/c1-4-16-13-8-11-6-7-15-10(3)12(11)9-14(13)17-5-2/h8-10,15H,4-7H2,1-3H3/t10-/m0/s1. The minimum absolute atomic E-state index is 0.397. The Kier molecular flexibility index (Phi) is 3.89. The van der Waals surface area contributed by atoms with Crippen molar-refractivity contribution in [3.05, 3.63) is 23.3 Å². The van der Waals surface area contributed by atoms with E-state index < -0.39 is 0 Å². The average molecular weight is 235 g/mol. The van der Waals surface area contributed by atoms with Crippen molar-refractivity contribution in [3.63, 3.8) is 0 Å². The van der Waals surface area contributed by atoms with E-state index in [4.69, 9.17) is 9.47 Å². The van der Waals surface area contributed by atoms with Crippen molar-refractivity contribution in [2.45, 2.75) is 33.2 Å². The number of benzene rings is 1. The lowest BCUT2D eigenvalue weighted by Gasteiger charge is -2.25. The first-order valence-electron chi connectivity index (χ1n) is 6.42. The molecule has 1 aromatic carbocycles. The van der Waals surface area contributed by atoms with Crippen molar-refractivity contribution in [3.8, 4) is 11.5 Å². The van der Waals surface area contributed by atoms with Crippen LogP contribution in [0.15, 0.2) is 12.1 Å². The van der Waals surface area contributed by atoms with Crippen LogP contribution in [-0.4, -0.2) is 19.8 Å². The molecule has 1 aromatic rings. The molecule has 0 unspecified atom stereocenters. The molecule has 1 heterocycles. The molecule has 0 saturated carbocycles. The molecule has 1 aliphatic rings. The molecule has 1 atom stereocenters. The Morgan fingerprint density at radius 2 is 1.82 bits per heavy atom. The van der Waals surface area contributed by atoms with E-state index in [-0.39, 0.29) is 0 Å². The molecule has 0 bridgehead atoms. The van der Waals surface area contributed by atoms with Gasteiger partial charge in [0.15, 0.2) is 11.5 Å². The predicted octanol–water partition coefficient (Wildman–Crippen LogP) is 2.69. The zero-order valence-corrected chi connectivity index (χ0v) is 10.9. The maximum absolute atomic E-state index is 5.65. The number of hydrogen-bond acceptors (Lipinski definition) is 3. The number of rotatable bonds is 4. The smallest absolute Gasteiger partial charge is 0.161 e. The Morgan fingerprint density at radius 1 is 1.18 bits per heavy atom. The van der Waals surface area contributed by atoms with Crippen LogP contribution < -0.4 is 14.8 Å². The monoisotopic (exact) mass is 235 g/mol. The zero-order valence-electron chi connectivity index (χ0n) is 10.9. The lowest BCUT2D eigenvalue weighted by molar-refractivity contribution is 0.286. The van der Waals surface area contributed by atoms with Crippen LogP contribution in [0, 0.1) is 0 Å². The fraction of sp³-hybridized carbons (Fsp3) is 0.571. The van der Waals surface area contributed by atoms with Crippen LogP contribution in [0.25, 0.3) is 0 Å². The third-order valence-electron chi connectivity index (χ3n) is 3.12. The minimum Gasteiger partial charge on any atom is -0.490 e. The van der Waals surface area contributed by atoms with Gasteiger partial charge in [0.2, 0.25) is 0 Å². The molecular weight excluding hydrogens is 214 g/mol. The fourth-order valence-corrected chi connectivity index (χ4v) is 2.31. The summed E-state index contributed by atoms with van der Waals surface area (Å²) in [6.07, 6.45) is 1.06. The summed E-state index contributed by atoms with van der Waals surface area (Å²) in [5, 5.41) is 3.46. The molecule has 94 valence electrons. The van der Waals surface area contributed by atoms with E-state index >= 15 is 0 Å². The van der Waals surface area contributed by atoms with Crippen molar-refractivity contribution in [2.75, 3.05) is 19.8 Å². The van der Waals surface area contributed by atoms with Crippen molar-refractivity contribution >= 4 is 0 Å². The molecule has 1 aliphatic heterocycles. The summed E-state index contributed by atoms with van der Waals surface area (Å²) in [4.78, 5) is 0. The highest BCUT2D eigenvalue weighted by Crippen LogP contribution is 2.35. The first-order valence-corrected chi connectivity index (χ1v) is 6.42. The molecule has 0 aromatic heterocycles. The van der Waals surface area contributed by atoms with E-state index in [1.54, 1.807) is 0 Å². The molecular formula is C14H21NO2. The minimum atomic E-state index is 0.397. The Hall–Kier alpha value is -1.22. The predicted molar refractivity (Wildman–Crippen MR) is 68.9 cm³/mol. The largest absolute Gasteiger partial charge is 0.490 e. The third-order valence-corrected chi connectivity index (χ3v) is 3.12. The summed E-state index contributed by atoms with van der Waals surface area (Å²) in [6.45, 7) is 8.56. The summed E-state index contributed by atoms with van der Waals surface area (Å²) in [6, 6.07) is 4.66. The number of fused-ring (bicyclic) bond motifs is 1. The van der Waals surface area contributed by atoms with Gasteiger partial charge in [-0.05, 0) is 57.0 Å². The van der Waals surface area contributed by atoms with Gasteiger partial charge in [0.25, 0.3) is 0 Å². The van der Waals surface area contributed by atoms with Crippen LogP contribution in [0.3, 0.4) is 0 Å². The Bertz CT molecular complexity index is 390. The van der Waals surface area contributed by atoms with E-state index in [2.05, 4.69) is 24.4 Å². The highest BCUT2D eigenvalue weighted by atomic mass is 16.5. The van der Waals surface area contributed by atoms with Gasteiger partial charge in [0.1, 0.15) is 0 Å². The van der Waals surface area contributed by atoms with Crippen LogP contribution in [0.2, 0.25) is 0 Å². The highest BCUT2D eigenvalue weighted by molar-refractivity contribution is 5.49. The quantitative estimate of drug-likeness (QED) is 0.870. The Labute approximate surface area is 103 Å². The van der Waals surface area contributed by atoms with Gasteiger partial charge in [-0.15, -0.1) is 0 Å². The van der Waals surface area contributed by atoms with Crippen molar-refractivity contribution in [1.82, 2.24) is 5.32 Å². The van der Waals surface area contributed by atoms with Crippen molar-refractivity contribution in [1.29, 1.82) is 0 Å². The van der Waals surface area contributed by atoms with E-state index in [0.717, 1.165) is 24.5 Å². The molecule has 3 heteroatoms. The molecule has 0 radical (unpaired) electrons. The lowest BCUT2D eigenvalue weighted by atomic mass is 9.94. The summed E-state index contributed by atoms with van der Waals surface area (Å²) < 4.78 is 11.3. The fourth-order valence-electron chi connectivity index (χ4n) is 2.31. The van der Waals surface area contributed by atoms with E-state index in [0.29, 0.717) is 19.3 Å². The third kappa shape index (κ3) is 2.55. The lowest BCUT2D eigenvalue weighted by Crippen LogP contribution is -2.27. The van der Waals surface area contributed by atoms with Crippen molar-refractivity contribution < 1.29 is 9.47 Å². The second-order valence-corrected chi connectivity index (χ2v) is 4.29. The normalized spacial score (nSPS) is 18.6. The molecule has 0 aliphatic carbocycles. The Balaban J connectivity index is 2.39. The van der Waals surface area contributed by atoms with Gasteiger partial charge >= 0.3 is 0 Å². The van der Waals surface area contributed by atoms with Gasteiger partial charge in [-0.25, -0.2) is 0 Å². The van der Waals surface area contributed by atoms with Gasteiger partial charge in [-0.3, -0.25) is 0 Å². The average Bonchev–Trinajstić information content (AvgIpc) is 2.32. The SMILES string of the molecule is CCOc1cc2c(cc1OCC)[C@H](C)NCC2. The van der Waals surface area contributed by atoms with Crippen LogP contribution in [0.4, 0.5) is 0 Å². The van der Waals surface area contributed by atoms with Crippen LogP contribution in [0.5, 0.6) is 11.5 Å². The number of ether oxygens (including phenoxy) is 2. The molecule has 0 amide bonds. The topological polar surface area (TPSA) is 30.5 Å². The molecule has 0 saturated heterocycles. The van der Waals surface area contributed by atoms with Crippen LogP contribution >= 0.6 is 0 Å². The van der Waals surface area contributed by atoms with Gasteiger partial charge in [-0.2, -0.15) is 0 Å². The van der Waals surface area contributed by atoms with Gasteiger partial charge in [0.05, 0.1) is 13.2 Å². The Morgan fingerprint density at radius 3 is 2.47 bits per heavy atom. The van der Waals surface area contributed by atoms with Gasteiger partial charge < -0.3 is 14.8 Å². The summed E-state index contributed by atoms with van der Waals surface area (Å²) in [7, 11) is 0. The summed E-state index contributed by atoms with van der Waals surface area (Å²) in [5.41, 5.74) is 2.71. The first-order chi connectivity index (χ1) is 8.26. The molecule has 0 fully saturated rings. The number of hydrogen-bond donors (Lipinski definition) is 1. The van der Waals surface area contributed by atoms with Crippen molar-refractivity contribution in [2.24, 2.45) is 0 Å². The maximum Gasteiger partial charge on any atom is 0.161 e. The molecule has 2 rings (SSSR count). The van der Waals surface area contributed by atoms with E-state index in [9.17, 15) is 0 Å². The molecule has 3 nitrogen and oxygen atoms in total. The highest BCUT2D eigenvalue weighted by Gasteiger charge is 2.19. The first kappa shape index (κ1) is 12.2. The summed E-state index contributed by atoms with van der Waals surface area (Å²) >= 11 is 0. The second-order valence-electron chi connectivity index (χ2n) is 4.29. The van der Waals surface area contributed by atoms with E-state index in [1.807, 2.05) is 13.8 Å². The molecule has 0 spiro atoms. The zero-order chi connectivity index (χ0) is 12.3. The summed E-state index contributed by atoms with van der Waals surface area (Å²) in [5.74, 6) is 1.74. The molecule has 1 N–H and O–H groups in total. The van der Waals surface area contributed by atoms with Crippen LogP contribution in [-0.2, 0) is 6.42 Å². The second kappa shape index (κ2) is 5.41. The maximum atomic E-state index is 5.65. The van der Waals surface area contributed by atoms with Gasteiger partial charge in [0, 0.05) is 6.04 Å². The van der Waals surface area contributed by atoms with E-state index in [1.165, 1.54) is 11.1 Å². The van der Waals surface area contributed by atoms with Gasteiger partial charge in [-0.1, -0.05) is 0 Å². The number of nitrogens with one attached hydrogen (secondary N) is 1.